The van der Waals surface area contributed by atoms with Gasteiger partial charge in [-0.05, 0) is 26.3 Å². The van der Waals surface area contributed by atoms with Crippen LogP contribution in [0.4, 0.5) is 0 Å². The molecule has 0 bridgehead atoms. The van der Waals surface area contributed by atoms with E-state index in [0.29, 0.717) is 19.4 Å². The molecule has 0 unspecified atom stereocenters. The summed E-state index contributed by atoms with van der Waals surface area (Å²) in [7, 11) is 1.62. The van der Waals surface area contributed by atoms with Gasteiger partial charge in [0, 0.05) is 18.6 Å². The predicted molar refractivity (Wildman–Crippen MR) is 106 cm³/mol. The van der Waals surface area contributed by atoms with Gasteiger partial charge in [-0.2, -0.15) is 0 Å². The normalized spacial score (nSPS) is 50.4. The highest BCUT2D eigenvalue weighted by atomic mass is 16.7. The second-order valence-electron chi connectivity index (χ2n) is 8.43. The van der Waals surface area contributed by atoms with Crippen LogP contribution in [0.5, 0.6) is 0 Å². The molecule has 30 heavy (non-hydrogen) atoms. The van der Waals surface area contributed by atoms with Gasteiger partial charge < -0.3 is 62.5 Å². The molecule has 2 heterocycles. The third kappa shape index (κ3) is 5.11. The number of aliphatic hydroxyl groups excluding tert-OH is 3. The summed E-state index contributed by atoms with van der Waals surface area (Å²) in [5.74, 6) is 0. The largest absolute Gasteiger partial charge is 0.389 e. The first kappa shape index (κ1) is 24.2. The van der Waals surface area contributed by atoms with E-state index in [1.165, 1.54) is 0 Å². The van der Waals surface area contributed by atoms with Crippen LogP contribution in [0.15, 0.2) is 0 Å². The topological polar surface area (TPSA) is 214 Å². The van der Waals surface area contributed by atoms with Gasteiger partial charge in [0.25, 0.3) is 0 Å². The minimum absolute atomic E-state index is 0.0318. The summed E-state index contributed by atoms with van der Waals surface area (Å²) < 4.78 is 23.1. The number of likely N-dealkylation sites (N-methyl/N-ethyl adjacent to an activating group) is 1. The summed E-state index contributed by atoms with van der Waals surface area (Å²) in [6.07, 6.45) is -5.27. The zero-order valence-electron chi connectivity index (χ0n) is 17.2. The second-order valence-corrected chi connectivity index (χ2v) is 8.43. The van der Waals surface area contributed by atoms with Crippen molar-refractivity contribution in [3.63, 3.8) is 0 Å². The van der Waals surface area contributed by atoms with Crippen molar-refractivity contribution in [3.8, 4) is 0 Å². The van der Waals surface area contributed by atoms with Gasteiger partial charge in [-0.3, -0.25) is 0 Å². The molecule has 0 amide bonds. The molecular formula is C18H37N5O7. The van der Waals surface area contributed by atoms with Crippen molar-refractivity contribution in [2.45, 2.75) is 92.6 Å². The maximum absolute atomic E-state index is 11.0. The highest BCUT2D eigenvalue weighted by Gasteiger charge is 2.48. The van der Waals surface area contributed by atoms with Gasteiger partial charge in [0.1, 0.15) is 24.4 Å². The van der Waals surface area contributed by atoms with Crippen LogP contribution in [0, 0.1) is 0 Å². The summed E-state index contributed by atoms with van der Waals surface area (Å²) >= 11 is 0. The Labute approximate surface area is 176 Å². The van der Waals surface area contributed by atoms with Crippen molar-refractivity contribution >= 4 is 0 Å². The first-order valence-corrected chi connectivity index (χ1v) is 10.5. The Morgan fingerprint density at radius 1 is 0.933 bits per heavy atom. The monoisotopic (exact) mass is 435 g/mol. The molecule has 0 aromatic carbocycles. The SMILES string of the molecule is CN[C@@H]1[C@@H](O)[C@@H](O[C@@H]2[C@@H](O)[C@H](O[C@H]3O[C@H](CN)CC[C@H]3N)[C@@H](N)C[C@H]2N)OC[C@@H]1O. The van der Waals surface area contributed by atoms with Gasteiger partial charge >= 0.3 is 0 Å². The predicted octanol–water partition coefficient (Wildman–Crippen LogP) is -4.37. The molecule has 1 aliphatic carbocycles. The lowest BCUT2D eigenvalue weighted by atomic mass is 9.84. The van der Waals surface area contributed by atoms with Gasteiger partial charge in [0.2, 0.25) is 0 Å². The molecule has 3 aliphatic rings. The van der Waals surface area contributed by atoms with Crippen molar-refractivity contribution in [2.24, 2.45) is 22.9 Å². The second kappa shape index (κ2) is 10.4. The summed E-state index contributed by atoms with van der Waals surface area (Å²) in [5.41, 5.74) is 24.2. The van der Waals surface area contributed by atoms with Crippen LogP contribution >= 0.6 is 0 Å². The number of rotatable bonds is 6. The Bertz CT molecular complexity index is 549. The molecule has 1 saturated carbocycles. The fourth-order valence-electron chi connectivity index (χ4n) is 4.40. The highest BCUT2D eigenvalue weighted by molar-refractivity contribution is 5.00. The lowest BCUT2D eigenvalue weighted by Gasteiger charge is -2.47. The van der Waals surface area contributed by atoms with E-state index in [0.717, 1.165) is 6.42 Å². The average Bonchev–Trinajstić information content (AvgIpc) is 2.71. The van der Waals surface area contributed by atoms with Crippen molar-refractivity contribution in [2.75, 3.05) is 20.2 Å². The molecule has 12 heteroatoms. The summed E-state index contributed by atoms with van der Waals surface area (Å²) in [4.78, 5) is 0. The average molecular weight is 436 g/mol. The number of aliphatic hydroxyl groups is 3. The smallest absolute Gasteiger partial charge is 0.185 e. The molecule has 3 rings (SSSR count). The zero-order chi connectivity index (χ0) is 22.0. The van der Waals surface area contributed by atoms with Crippen molar-refractivity contribution < 1.29 is 34.3 Å². The summed E-state index contributed by atoms with van der Waals surface area (Å²) in [6, 6.07) is -2.18. The molecule has 0 radical (unpaired) electrons. The van der Waals surface area contributed by atoms with Gasteiger partial charge in [-0.15, -0.1) is 0 Å². The van der Waals surface area contributed by atoms with Crippen LogP contribution in [0.2, 0.25) is 0 Å². The first-order chi connectivity index (χ1) is 14.3. The van der Waals surface area contributed by atoms with Crippen LogP contribution in [-0.4, -0.2) is 109 Å². The molecule has 2 aliphatic heterocycles. The van der Waals surface area contributed by atoms with Gasteiger partial charge in [-0.1, -0.05) is 0 Å². The highest BCUT2D eigenvalue weighted by Crippen LogP contribution is 2.29. The number of hydrogen-bond acceptors (Lipinski definition) is 12. The lowest BCUT2D eigenvalue weighted by molar-refractivity contribution is -0.296. The number of hydrogen-bond donors (Lipinski definition) is 8. The summed E-state index contributed by atoms with van der Waals surface area (Å²) in [5, 5.41) is 34.2. The van der Waals surface area contributed by atoms with Crippen LogP contribution in [0.3, 0.4) is 0 Å². The zero-order valence-corrected chi connectivity index (χ0v) is 17.2. The molecule has 2 saturated heterocycles. The molecule has 176 valence electrons. The molecule has 0 aromatic rings. The van der Waals surface area contributed by atoms with Crippen molar-refractivity contribution in [1.82, 2.24) is 5.32 Å². The third-order valence-electron chi connectivity index (χ3n) is 6.23. The van der Waals surface area contributed by atoms with E-state index in [-0.39, 0.29) is 18.8 Å². The minimum atomic E-state index is -1.20. The number of ether oxygens (including phenoxy) is 4. The molecule has 3 fully saturated rings. The van der Waals surface area contributed by atoms with Gasteiger partial charge in [-0.25, -0.2) is 0 Å². The van der Waals surface area contributed by atoms with Crippen LogP contribution in [-0.2, 0) is 18.9 Å². The molecule has 12 atom stereocenters. The molecular weight excluding hydrogens is 398 g/mol. The van der Waals surface area contributed by atoms with E-state index in [1.807, 2.05) is 0 Å². The quantitative estimate of drug-likeness (QED) is 0.199. The van der Waals surface area contributed by atoms with Crippen molar-refractivity contribution in [1.29, 1.82) is 0 Å². The Balaban J connectivity index is 1.67. The van der Waals surface area contributed by atoms with Crippen LogP contribution in [0.25, 0.3) is 0 Å². The molecule has 0 aromatic heterocycles. The van der Waals surface area contributed by atoms with Crippen LogP contribution in [0.1, 0.15) is 19.3 Å². The first-order valence-electron chi connectivity index (χ1n) is 10.5. The maximum atomic E-state index is 11.0. The van der Waals surface area contributed by atoms with E-state index >= 15 is 0 Å². The molecule has 0 spiro atoms. The third-order valence-corrected chi connectivity index (χ3v) is 6.23. The minimum Gasteiger partial charge on any atom is -0.389 e. The lowest BCUT2D eigenvalue weighted by Crippen LogP contribution is -2.67. The van der Waals surface area contributed by atoms with E-state index in [2.05, 4.69) is 5.32 Å². The van der Waals surface area contributed by atoms with E-state index in [4.69, 9.17) is 41.9 Å². The van der Waals surface area contributed by atoms with Gasteiger partial charge in [0.15, 0.2) is 12.6 Å². The Morgan fingerprint density at radius 2 is 1.57 bits per heavy atom. The molecule has 12 N–H and O–H groups in total. The van der Waals surface area contributed by atoms with Gasteiger partial charge in [0.05, 0.1) is 30.9 Å². The van der Waals surface area contributed by atoms with E-state index < -0.39 is 61.2 Å². The number of nitrogens with one attached hydrogen (secondary N) is 1. The maximum Gasteiger partial charge on any atom is 0.185 e. The fraction of sp³-hybridized carbons (Fsp3) is 1.00. The Hall–Kier alpha value is -0.480. The summed E-state index contributed by atoms with van der Waals surface area (Å²) in [6.45, 7) is 0.313. The fourth-order valence-corrected chi connectivity index (χ4v) is 4.40. The standard InChI is InChI=1S/C18H37N5O7/c1-23-12-11(24)6-27-18(13(12)25)30-16-10(22)4-9(21)15(14(16)26)29-17-8(20)3-2-7(5-19)28-17/h7-18,23-26H,2-6,19-22H2,1H3/t7-,8+,9-,10+,11-,12-,13+,14-,15+,16-,17+,18+/m0/s1. The molecule has 12 nitrogen and oxygen atoms in total. The van der Waals surface area contributed by atoms with Crippen molar-refractivity contribution in [3.05, 3.63) is 0 Å². The number of nitrogens with two attached hydrogens (primary N) is 4. The van der Waals surface area contributed by atoms with E-state index in [1.54, 1.807) is 7.05 Å². The van der Waals surface area contributed by atoms with Crippen LogP contribution < -0.4 is 28.3 Å². The van der Waals surface area contributed by atoms with E-state index in [9.17, 15) is 15.3 Å². The Kier molecular flexibility index (Phi) is 8.40. The Morgan fingerprint density at radius 3 is 2.17 bits per heavy atom.